The molecule has 6 heteroatoms. The molecule has 0 bridgehead atoms. The lowest BCUT2D eigenvalue weighted by atomic mass is 10.0. The van der Waals surface area contributed by atoms with Crippen LogP contribution in [0.4, 0.5) is 0 Å². The van der Waals surface area contributed by atoms with E-state index in [1.165, 1.54) is 6.92 Å². The summed E-state index contributed by atoms with van der Waals surface area (Å²) >= 11 is 0. The number of pyridine rings is 1. The fourth-order valence-electron chi connectivity index (χ4n) is 3.87. The predicted octanol–water partition coefficient (Wildman–Crippen LogP) is 2.15. The summed E-state index contributed by atoms with van der Waals surface area (Å²) in [5.74, 6) is 0.0526. The van der Waals surface area contributed by atoms with Gasteiger partial charge in [-0.05, 0) is 50.1 Å². The van der Waals surface area contributed by atoms with Gasteiger partial charge in [-0.3, -0.25) is 19.5 Å². The van der Waals surface area contributed by atoms with Gasteiger partial charge in [-0.15, -0.1) is 0 Å². The molecule has 2 amide bonds. The maximum Gasteiger partial charge on any atom is 0.221 e. The molecule has 6 nitrogen and oxygen atoms in total. The summed E-state index contributed by atoms with van der Waals surface area (Å²) in [7, 11) is 2.04. The first-order valence-electron chi connectivity index (χ1n) is 9.52. The fourth-order valence-corrected chi connectivity index (χ4v) is 3.87. The minimum Gasteiger partial charge on any atom is -0.355 e. The Morgan fingerprint density at radius 1 is 1.19 bits per heavy atom. The van der Waals surface area contributed by atoms with Crippen LogP contribution in [0.2, 0.25) is 0 Å². The number of carbonyl (C=O) groups excluding carboxylic acids is 2. The monoisotopic (exact) mass is 368 g/mol. The highest BCUT2D eigenvalue weighted by atomic mass is 16.2. The summed E-state index contributed by atoms with van der Waals surface area (Å²) in [6.45, 7) is 4.75. The first-order valence-corrected chi connectivity index (χ1v) is 9.52. The summed E-state index contributed by atoms with van der Waals surface area (Å²) in [6.07, 6.45) is 4.25. The van der Waals surface area contributed by atoms with Gasteiger partial charge in [0.2, 0.25) is 11.8 Å². The lowest BCUT2D eigenvalue weighted by Crippen LogP contribution is -2.42. The zero-order valence-corrected chi connectivity index (χ0v) is 16.3. The third kappa shape index (κ3) is 4.63. The minimum absolute atomic E-state index is 0.00968. The third-order valence-corrected chi connectivity index (χ3v) is 5.59. The Kier molecular flexibility index (Phi) is 6.06. The van der Waals surface area contributed by atoms with E-state index in [0.29, 0.717) is 25.6 Å². The molecule has 0 aliphatic carbocycles. The van der Waals surface area contributed by atoms with Gasteiger partial charge in [0.1, 0.15) is 0 Å². The van der Waals surface area contributed by atoms with Crippen molar-refractivity contribution in [3.05, 3.63) is 41.6 Å². The van der Waals surface area contributed by atoms with Gasteiger partial charge in [0, 0.05) is 50.1 Å². The van der Waals surface area contributed by atoms with Crippen LogP contribution in [-0.2, 0) is 16.1 Å². The molecule has 1 saturated heterocycles. The Morgan fingerprint density at radius 3 is 2.74 bits per heavy atom. The first kappa shape index (κ1) is 19.3. The molecular weight excluding hydrogens is 340 g/mol. The number of aryl methyl sites for hydroxylation is 1. The van der Waals surface area contributed by atoms with Gasteiger partial charge in [-0.1, -0.05) is 12.1 Å². The van der Waals surface area contributed by atoms with Crippen molar-refractivity contribution in [2.75, 3.05) is 13.6 Å². The average molecular weight is 368 g/mol. The summed E-state index contributed by atoms with van der Waals surface area (Å²) in [6, 6.07) is 8.56. The number of nitrogens with one attached hydrogen (secondary N) is 2. The van der Waals surface area contributed by atoms with Crippen molar-refractivity contribution >= 4 is 22.7 Å². The number of hydrogen-bond acceptors (Lipinski definition) is 4. The van der Waals surface area contributed by atoms with Gasteiger partial charge >= 0.3 is 0 Å². The Labute approximate surface area is 160 Å². The molecule has 2 N–H and O–H groups in total. The van der Waals surface area contributed by atoms with Gasteiger partial charge < -0.3 is 10.6 Å². The molecule has 0 unspecified atom stereocenters. The number of nitrogens with zero attached hydrogens (tertiary/aromatic N) is 2. The number of hydrogen-bond donors (Lipinski definition) is 2. The first-order chi connectivity index (χ1) is 13.0. The average Bonchev–Trinajstić information content (AvgIpc) is 2.99. The molecule has 0 saturated carbocycles. The highest BCUT2D eigenvalue weighted by Crippen LogP contribution is 2.24. The predicted molar refractivity (Wildman–Crippen MR) is 106 cm³/mol. The van der Waals surface area contributed by atoms with E-state index in [4.69, 9.17) is 0 Å². The summed E-state index contributed by atoms with van der Waals surface area (Å²) in [5, 5.41) is 7.04. The molecule has 3 rings (SSSR count). The van der Waals surface area contributed by atoms with Crippen LogP contribution >= 0.6 is 0 Å². The van der Waals surface area contributed by atoms with Gasteiger partial charge in [0.15, 0.2) is 0 Å². The van der Waals surface area contributed by atoms with Crippen LogP contribution in [0.3, 0.4) is 0 Å². The molecule has 1 aliphatic rings. The van der Waals surface area contributed by atoms with E-state index in [0.717, 1.165) is 34.9 Å². The molecular formula is C21H28N4O2. The molecule has 0 radical (unpaired) electrons. The number of benzene rings is 1. The minimum atomic E-state index is -0.00968. The van der Waals surface area contributed by atoms with Crippen LogP contribution in [-0.4, -0.2) is 47.4 Å². The molecule has 1 aromatic heterocycles. The number of likely N-dealkylation sites (tertiary alicyclic amines) is 1. The lowest BCUT2D eigenvalue weighted by Gasteiger charge is -2.25. The smallest absolute Gasteiger partial charge is 0.221 e. The van der Waals surface area contributed by atoms with E-state index in [1.54, 1.807) is 6.20 Å². The molecule has 2 heterocycles. The Bertz CT molecular complexity index is 836. The number of likely N-dealkylation sites (N-methyl/N-ethyl adjacent to an activating group) is 1. The van der Waals surface area contributed by atoms with Crippen molar-refractivity contribution in [1.29, 1.82) is 0 Å². The second kappa shape index (κ2) is 8.48. The van der Waals surface area contributed by atoms with E-state index in [2.05, 4.69) is 27.4 Å². The normalized spacial score (nSPS) is 20.0. The van der Waals surface area contributed by atoms with E-state index < -0.39 is 0 Å². The van der Waals surface area contributed by atoms with Gasteiger partial charge in [-0.2, -0.15) is 0 Å². The number of aromatic nitrogens is 1. The number of amides is 2. The molecule has 2 atom stereocenters. The van der Waals surface area contributed by atoms with E-state index in [9.17, 15) is 9.59 Å². The summed E-state index contributed by atoms with van der Waals surface area (Å²) in [5.41, 5.74) is 3.23. The second-order valence-corrected chi connectivity index (χ2v) is 7.40. The van der Waals surface area contributed by atoms with Gasteiger partial charge in [0.05, 0.1) is 5.52 Å². The third-order valence-electron chi connectivity index (χ3n) is 5.59. The molecule has 2 aromatic rings. The Balaban J connectivity index is 1.56. The zero-order valence-electron chi connectivity index (χ0n) is 16.3. The standard InChI is InChI=1S/C21H28N4O2/c1-14-6-9-20-18(5-4-10-22-20)19(14)13-24-21(27)11-16-7-8-17(25(16)3)12-23-15(2)26/h4-6,9-10,16-17H,7-8,11-13H2,1-3H3,(H,23,26)(H,24,27)/t16-,17+/m0/s1. The highest BCUT2D eigenvalue weighted by Gasteiger charge is 2.31. The van der Waals surface area contributed by atoms with Crippen molar-refractivity contribution in [2.24, 2.45) is 0 Å². The van der Waals surface area contributed by atoms with Crippen LogP contribution in [0.1, 0.15) is 37.3 Å². The molecule has 1 aliphatic heterocycles. The van der Waals surface area contributed by atoms with Crippen molar-refractivity contribution in [1.82, 2.24) is 20.5 Å². The van der Waals surface area contributed by atoms with Crippen molar-refractivity contribution < 1.29 is 9.59 Å². The lowest BCUT2D eigenvalue weighted by molar-refractivity contribution is -0.122. The summed E-state index contributed by atoms with van der Waals surface area (Å²) < 4.78 is 0. The zero-order chi connectivity index (χ0) is 19.4. The van der Waals surface area contributed by atoms with Crippen molar-refractivity contribution in [3.8, 4) is 0 Å². The summed E-state index contributed by atoms with van der Waals surface area (Å²) in [4.78, 5) is 30.2. The van der Waals surface area contributed by atoms with Crippen LogP contribution in [0, 0.1) is 6.92 Å². The maximum absolute atomic E-state index is 12.5. The van der Waals surface area contributed by atoms with Gasteiger partial charge in [-0.25, -0.2) is 0 Å². The van der Waals surface area contributed by atoms with Crippen LogP contribution < -0.4 is 10.6 Å². The number of carbonyl (C=O) groups is 2. The Hall–Kier alpha value is -2.47. The molecule has 1 fully saturated rings. The van der Waals surface area contributed by atoms with Crippen LogP contribution in [0.25, 0.3) is 10.9 Å². The molecule has 27 heavy (non-hydrogen) atoms. The SMILES string of the molecule is CC(=O)NC[C@H]1CC[C@@H](CC(=O)NCc2c(C)ccc3ncccc23)N1C. The van der Waals surface area contributed by atoms with Crippen LogP contribution in [0.5, 0.6) is 0 Å². The van der Waals surface area contributed by atoms with Crippen molar-refractivity contribution in [2.45, 2.75) is 51.7 Å². The van der Waals surface area contributed by atoms with Crippen molar-refractivity contribution in [3.63, 3.8) is 0 Å². The highest BCUT2D eigenvalue weighted by molar-refractivity contribution is 5.84. The fraction of sp³-hybridized carbons (Fsp3) is 0.476. The topological polar surface area (TPSA) is 74.3 Å². The largest absolute Gasteiger partial charge is 0.355 e. The quantitative estimate of drug-likeness (QED) is 0.819. The van der Waals surface area contributed by atoms with Gasteiger partial charge in [0.25, 0.3) is 0 Å². The second-order valence-electron chi connectivity index (χ2n) is 7.40. The number of fused-ring (bicyclic) bond motifs is 1. The molecule has 1 aromatic carbocycles. The number of rotatable bonds is 6. The maximum atomic E-state index is 12.5. The van der Waals surface area contributed by atoms with Crippen LogP contribution in [0.15, 0.2) is 30.5 Å². The van der Waals surface area contributed by atoms with E-state index in [1.807, 2.05) is 31.3 Å². The van der Waals surface area contributed by atoms with E-state index >= 15 is 0 Å². The molecule has 0 spiro atoms. The Morgan fingerprint density at radius 2 is 1.96 bits per heavy atom. The molecule has 144 valence electrons. The van der Waals surface area contributed by atoms with E-state index in [-0.39, 0.29) is 17.9 Å².